The Bertz CT molecular complexity index is 1370. The van der Waals surface area contributed by atoms with Crippen LogP contribution in [0.2, 0.25) is 0 Å². The number of fused-ring (bicyclic) bond motifs is 2. The summed E-state index contributed by atoms with van der Waals surface area (Å²) in [5, 5.41) is 11.6. The zero-order valence-electron chi connectivity index (χ0n) is 21.2. The molecule has 3 aromatic rings. The molecule has 1 saturated heterocycles. The lowest BCUT2D eigenvalue weighted by molar-refractivity contribution is -0.915. The summed E-state index contributed by atoms with van der Waals surface area (Å²) in [4.78, 5) is 0. The molecule has 2 fully saturated rings. The third-order valence-electron chi connectivity index (χ3n) is 8.32. The van der Waals surface area contributed by atoms with Crippen LogP contribution in [0.5, 0.6) is 0 Å². The Morgan fingerprint density at radius 1 is 1.00 bits per heavy atom. The lowest BCUT2D eigenvalue weighted by Gasteiger charge is -2.31. The number of hydrogen-bond acceptors (Lipinski definition) is 2. The normalized spacial score (nSPS) is 23.5. The molecule has 0 amide bonds. The maximum absolute atomic E-state index is 16.7. The molecule has 0 bridgehead atoms. The number of benzene rings is 2. The van der Waals surface area contributed by atoms with E-state index in [0.717, 1.165) is 48.3 Å². The smallest absolute Gasteiger partial charge is 0.364 e. The molecule has 2 aromatic carbocycles. The topological polar surface area (TPSA) is 36.6 Å². The van der Waals surface area contributed by atoms with Gasteiger partial charge in [-0.05, 0) is 66.5 Å². The van der Waals surface area contributed by atoms with Crippen LogP contribution in [-0.2, 0) is 22.9 Å². The number of halogens is 5. The molecule has 1 saturated carbocycles. The molecule has 2 heterocycles. The van der Waals surface area contributed by atoms with Crippen molar-refractivity contribution in [3.8, 4) is 11.1 Å². The van der Waals surface area contributed by atoms with Crippen LogP contribution in [0.4, 0.5) is 22.0 Å². The third kappa shape index (κ3) is 4.17. The molecule has 8 heteroatoms. The molecule has 3 nitrogen and oxygen atoms in total. The minimum absolute atomic E-state index is 0.0423. The Morgan fingerprint density at radius 3 is 2.16 bits per heavy atom. The second-order valence-corrected chi connectivity index (χ2v) is 11.2. The van der Waals surface area contributed by atoms with E-state index in [4.69, 9.17) is 4.74 Å². The quantitative estimate of drug-likeness (QED) is 0.161. The van der Waals surface area contributed by atoms with Crippen molar-refractivity contribution >= 4 is 0 Å². The molecule has 1 aliphatic heterocycles. The zero-order valence-corrected chi connectivity index (χ0v) is 21.2. The molecule has 3 unspecified atom stereocenters. The molecule has 1 N–H and O–H groups in total. The molecule has 1 aromatic heterocycles. The van der Waals surface area contributed by atoms with E-state index in [-0.39, 0.29) is 17.0 Å². The number of pyridine rings is 1. The van der Waals surface area contributed by atoms with Crippen LogP contribution < -0.4 is 4.73 Å². The number of aromatic nitrogens is 1. The van der Waals surface area contributed by atoms with Crippen LogP contribution in [0, 0.1) is 17.7 Å². The number of epoxide rings is 1. The average molecular weight is 531 g/mol. The van der Waals surface area contributed by atoms with Crippen LogP contribution in [0.25, 0.3) is 11.1 Å². The predicted octanol–water partition coefficient (Wildman–Crippen LogP) is 7.42. The molecule has 2 aliphatic carbocycles. The SMILES string of the molecule is CC(C)c1c(C(F)c2ccc(C(F)(F)F)cc2)c(-c2ccc(F)cc2)c2c([n+]1O)CC(C1CC1)CC21CO1. The molecule has 6 rings (SSSR count). The van der Waals surface area contributed by atoms with Gasteiger partial charge in [0.1, 0.15) is 11.4 Å². The first-order valence-corrected chi connectivity index (χ1v) is 13.1. The van der Waals surface area contributed by atoms with Gasteiger partial charge in [0.05, 0.1) is 23.3 Å². The number of hydrogen-bond donors (Lipinski definition) is 1. The fourth-order valence-corrected chi connectivity index (χ4v) is 6.28. The number of ether oxygens (including phenoxy) is 1. The van der Waals surface area contributed by atoms with E-state index in [0.29, 0.717) is 52.9 Å². The summed E-state index contributed by atoms with van der Waals surface area (Å²) >= 11 is 0. The summed E-state index contributed by atoms with van der Waals surface area (Å²) in [7, 11) is 0. The van der Waals surface area contributed by atoms with Gasteiger partial charge in [-0.2, -0.15) is 13.2 Å². The number of nitrogens with zero attached hydrogens (tertiary/aromatic N) is 1. The fraction of sp³-hybridized carbons (Fsp3) is 0.433. The van der Waals surface area contributed by atoms with E-state index < -0.39 is 29.3 Å². The van der Waals surface area contributed by atoms with E-state index >= 15 is 4.39 Å². The van der Waals surface area contributed by atoms with Crippen molar-refractivity contribution < 1.29 is 36.6 Å². The highest BCUT2D eigenvalue weighted by Gasteiger charge is 2.59. The van der Waals surface area contributed by atoms with Crippen molar-refractivity contribution in [2.75, 3.05) is 6.61 Å². The monoisotopic (exact) mass is 530 g/mol. The van der Waals surface area contributed by atoms with Crippen molar-refractivity contribution in [3.63, 3.8) is 0 Å². The molecule has 1 spiro atoms. The Hall–Kier alpha value is -3.00. The van der Waals surface area contributed by atoms with E-state index in [1.54, 1.807) is 12.1 Å². The van der Waals surface area contributed by atoms with E-state index in [2.05, 4.69) is 0 Å². The first-order valence-electron chi connectivity index (χ1n) is 13.1. The van der Waals surface area contributed by atoms with E-state index in [1.807, 2.05) is 13.8 Å². The van der Waals surface area contributed by atoms with Gasteiger partial charge < -0.3 is 4.74 Å². The lowest BCUT2D eigenvalue weighted by Crippen LogP contribution is -2.48. The van der Waals surface area contributed by atoms with E-state index in [1.165, 1.54) is 12.1 Å². The summed E-state index contributed by atoms with van der Waals surface area (Å²) in [6.45, 7) is 4.13. The van der Waals surface area contributed by atoms with Gasteiger partial charge in [-0.1, -0.05) is 38.1 Å². The minimum atomic E-state index is -4.54. The maximum Gasteiger partial charge on any atom is 0.416 e. The fourth-order valence-electron chi connectivity index (χ4n) is 6.28. The van der Waals surface area contributed by atoms with Gasteiger partial charge in [-0.25, -0.2) is 8.78 Å². The highest BCUT2D eigenvalue weighted by molar-refractivity contribution is 5.75. The minimum Gasteiger partial charge on any atom is -0.364 e. The zero-order chi connectivity index (χ0) is 27.0. The lowest BCUT2D eigenvalue weighted by atomic mass is 9.72. The van der Waals surface area contributed by atoms with E-state index in [9.17, 15) is 22.8 Å². The molecule has 3 atom stereocenters. The van der Waals surface area contributed by atoms with Gasteiger partial charge in [0, 0.05) is 22.6 Å². The van der Waals surface area contributed by atoms with Gasteiger partial charge in [-0.15, -0.1) is 0 Å². The van der Waals surface area contributed by atoms with Gasteiger partial charge in [0.2, 0.25) is 11.4 Å². The highest BCUT2D eigenvalue weighted by atomic mass is 19.4. The summed E-state index contributed by atoms with van der Waals surface area (Å²) in [5.74, 6) is 0.157. The first kappa shape index (κ1) is 25.3. The van der Waals surface area contributed by atoms with Gasteiger partial charge in [0.15, 0.2) is 6.17 Å². The van der Waals surface area contributed by atoms with Crippen LogP contribution in [-0.4, -0.2) is 11.8 Å². The molecular weight excluding hydrogens is 501 g/mol. The van der Waals surface area contributed by atoms with Crippen molar-refractivity contribution in [1.82, 2.24) is 0 Å². The Morgan fingerprint density at radius 2 is 1.63 bits per heavy atom. The van der Waals surface area contributed by atoms with Gasteiger partial charge in [-0.3, -0.25) is 5.21 Å². The van der Waals surface area contributed by atoms with Gasteiger partial charge >= 0.3 is 6.18 Å². The second kappa shape index (κ2) is 8.76. The van der Waals surface area contributed by atoms with Crippen molar-refractivity contribution in [2.45, 2.75) is 63.4 Å². The largest absolute Gasteiger partial charge is 0.416 e. The summed E-state index contributed by atoms with van der Waals surface area (Å²) in [6, 6.07) is 9.80. The summed E-state index contributed by atoms with van der Waals surface area (Å²) in [5.41, 5.74) is 1.53. The van der Waals surface area contributed by atoms with Crippen LogP contribution in [0.3, 0.4) is 0 Å². The van der Waals surface area contributed by atoms with Crippen LogP contribution in [0.1, 0.15) is 78.8 Å². The van der Waals surface area contributed by atoms with Crippen LogP contribution in [0.15, 0.2) is 48.5 Å². The van der Waals surface area contributed by atoms with Crippen molar-refractivity contribution in [3.05, 3.63) is 88.0 Å². The molecule has 0 radical (unpaired) electrons. The predicted molar refractivity (Wildman–Crippen MR) is 130 cm³/mol. The summed E-state index contributed by atoms with van der Waals surface area (Å²) in [6.07, 6.45) is -2.72. The maximum atomic E-state index is 16.7. The molecule has 38 heavy (non-hydrogen) atoms. The molecule has 200 valence electrons. The Balaban J connectivity index is 1.61. The first-order chi connectivity index (χ1) is 18.0. The second-order valence-electron chi connectivity index (χ2n) is 11.2. The average Bonchev–Trinajstić information content (AvgIpc) is 3.80. The molecular formula is C30H29F5NO2+. The van der Waals surface area contributed by atoms with Gasteiger partial charge in [0.25, 0.3) is 0 Å². The highest BCUT2D eigenvalue weighted by Crippen LogP contribution is 2.58. The standard InChI is InChI=1S/C30H29F5NO2/c1-16(2)28-25(27(32)19-5-9-21(10-6-19)30(33,34)35)24(18-7-11-22(31)12-8-18)26-23(36(28)37)13-20(17-3-4-17)14-29(26)15-38-29/h5-12,16-17,20,27,37H,3-4,13-15H2,1-2H3/q+1. The molecule has 3 aliphatic rings. The Labute approximate surface area is 217 Å². The number of rotatable bonds is 5. The number of alkyl halides is 4. The van der Waals surface area contributed by atoms with Crippen molar-refractivity contribution in [2.24, 2.45) is 11.8 Å². The summed E-state index contributed by atoms with van der Waals surface area (Å²) < 4.78 is 77.3. The van der Waals surface area contributed by atoms with Crippen LogP contribution >= 0.6 is 0 Å². The Kier molecular flexibility index (Phi) is 5.83. The third-order valence-corrected chi connectivity index (χ3v) is 8.32. The van der Waals surface area contributed by atoms with Crippen molar-refractivity contribution in [1.29, 1.82) is 0 Å².